The second-order valence-electron chi connectivity index (χ2n) is 3.37. The lowest BCUT2D eigenvalue weighted by molar-refractivity contribution is 0.570. The molecule has 76 valence electrons. The number of thioether (sulfide) groups is 1. The monoisotopic (exact) mass is 209 g/mol. The Morgan fingerprint density at radius 2 is 2.14 bits per heavy atom. The first-order valence-electron chi connectivity index (χ1n) is 4.61. The highest BCUT2D eigenvalue weighted by atomic mass is 32.2. The second kappa shape index (κ2) is 5.05. The average Bonchev–Trinajstić information content (AvgIpc) is 2.18. The Morgan fingerprint density at radius 1 is 1.43 bits per heavy atom. The molecule has 1 aromatic carbocycles. The molecular weight excluding hydrogens is 194 g/mol. The molecular formula is C11H15NOS. The highest BCUT2D eigenvalue weighted by Crippen LogP contribution is 2.29. The van der Waals surface area contributed by atoms with Gasteiger partial charge in [0, 0.05) is 17.6 Å². The van der Waals surface area contributed by atoms with Crippen LogP contribution in [-0.4, -0.2) is 12.7 Å². The van der Waals surface area contributed by atoms with E-state index in [0.717, 1.165) is 16.2 Å². The van der Waals surface area contributed by atoms with Crippen LogP contribution < -0.4 is 5.32 Å². The first-order chi connectivity index (χ1) is 6.69. The smallest absolute Gasteiger partial charge is 0.181 e. The average molecular weight is 209 g/mol. The van der Waals surface area contributed by atoms with Gasteiger partial charge >= 0.3 is 0 Å². The quantitative estimate of drug-likeness (QED) is 0.610. The zero-order valence-corrected chi connectivity index (χ0v) is 9.52. The molecule has 0 saturated heterocycles. The molecule has 0 bridgehead atoms. The predicted octanol–water partition coefficient (Wildman–Crippen LogP) is 3.13. The van der Waals surface area contributed by atoms with Crippen LogP contribution in [0.2, 0.25) is 0 Å². The summed E-state index contributed by atoms with van der Waals surface area (Å²) in [6.45, 7) is 4.29. The summed E-state index contributed by atoms with van der Waals surface area (Å²) in [4.78, 5) is 11.5. The van der Waals surface area contributed by atoms with Crippen molar-refractivity contribution in [2.75, 3.05) is 12.4 Å². The van der Waals surface area contributed by atoms with Gasteiger partial charge in [0.25, 0.3) is 0 Å². The summed E-state index contributed by atoms with van der Waals surface area (Å²) in [6, 6.07) is 6.17. The van der Waals surface area contributed by atoms with E-state index in [1.807, 2.05) is 13.1 Å². The van der Waals surface area contributed by atoms with E-state index in [1.165, 1.54) is 17.3 Å². The van der Waals surface area contributed by atoms with Crippen LogP contribution in [0.4, 0.5) is 5.69 Å². The molecule has 2 nitrogen and oxygen atoms in total. The summed E-state index contributed by atoms with van der Waals surface area (Å²) in [7, 11) is 1.86. The largest absolute Gasteiger partial charge is 0.387 e. The van der Waals surface area contributed by atoms with Crippen LogP contribution in [0.3, 0.4) is 0 Å². The van der Waals surface area contributed by atoms with Crippen molar-refractivity contribution < 1.29 is 4.79 Å². The molecule has 0 unspecified atom stereocenters. The van der Waals surface area contributed by atoms with E-state index in [2.05, 4.69) is 31.3 Å². The minimum Gasteiger partial charge on any atom is -0.387 e. The van der Waals surface area contributed by atoms with E-state index in [1.54, 1.807) is 0 Å². The number of rotatable bonds is 4. The van der Waals surface area contributed by atoms with Crippen LogP contribution in [0, 0.1) is 0 Å². The Balaban J connectivity index is 3.06. The Morgan fingerprint density at radius 3 is 2.64 bits per heavy atom. The van der Waals surface area contributed by atoms with E-state index >= 15 is 0 Å². The van der Waals surface area contributed by atoms with Crippen LogP contribution in [0.5, 0.6) is 0 Å². The maximum Gasteiger partial charge on any atom is 0.181 e. The fraction of sp³-hybridized carbons (Fsp3) is 0.364. The molecule has 0 spiro atoms. The highest BCUT2D eigenvalue weighted by molar-refractivity contribution is 8.12. The Hall–Kier alpha value is -0.960. The Kier molecular flexibility index (Phi) is 4.01. The molecule has 14 heavy (non-hydrogen) atoms. The van der Waals surface area contributed by atoms with Crippen LogP contribution in [0.25, 0.3) is 0 Å². The summed E-state index contributed by atoms with van der Waals surface area (Å²) in [5, 5.41) is 3.07. The van der Waals surface area contributed by atoms with E-state index in [4.69, 9.17) is 0 Å². The van der Waals surface area contributed by atoms with Crippen molar-refractivity contribution in [3.05, 3.63) is 23.8 Å². The van der Waals surface area contributed by atoms with Gasteiger partial charge in [-0.2, -0.15) is 0 Å². The van der Waals surface area contributed by atoms with E-state index in [9.17, 15) is 4.79 Å². The molecule has 0 aliphatic carbocycles. The fourth-order valence-corrected chi connectivity index (χ4v) is 1.86. The standard InChI is InChI=1S/C11H15NOS/c1-8(2)9-4-5-10(12-3)11(6-9)14-7-13/h4-8,12H,1-3H3. The van der Waals surface area contributed by atoms with Crippen molar-refractivity contribution in [2.24, 2.45) is 0 Å². The van der Waals surface area contributed by atoms with Crippen molar-refractivity contribution in [1.82, 2.24) is 0 Å². The molecule has 0 fully saturated rings. The summed E-state index contributed by atoms with van der Waals surface area (Å²) in [6.07, 6.45) is 0. The molecule has 1 N–H and O–H groups in total. The van der Waals surface area contributed by atoms with Gasteiger partial charge in [-0.3, -0.25) is 4.79 Å². The van der Waals surface area contributed by atoms with Gasteiger partial charge < -0.3 is 5.32 Å². The van der Waals surface area contributed by atoms with Crippen LogP contribution in [0.15, 0.2) is 23.1 Å². The van der Waals surface area contributed by atoms with Gasteiger partial charge in [0.15, 0.2) is 5.62 Å². The van der Waals surface area contributed by atoms with Crippen LogP contribution in [-0.2, 0) is 4.79 Å². The van der Waals surface area contributed by atoms with Gasteiger partial charge in [-0.25, -0.2) is 0 Å². The van der Waals surface area contributed by atoms with Crippen molar-refractivity contribution in [3.8, 4) is 0 Å². The number of benzene rings is 1. The summed E-state index contributed by atoms with van der Waals surface area (Å²) < 4.78 is 0. The summed E-state index contributed by atoms with van der Waals surface area (Å²) in [5.74, 6) is 0.493. The molecule has 0 heterocycles. The number of hydrogen-bond donors (Lipinski definition) is 1. The molecule has 0 aliphatic heterocycles. The number of carbonyl (C=O) groups is 1. The number of nitrogens with one attached hydrogen (secondary N) is 1. The molecule has 0 amide bonds. The lowest BCUT2D eigenvalue weighted by Gasteiger charge is -2.10. The molecule has 0 aliphatic rings. The molecule has 1 rings (SSSR count). The summed E-state index contributed by atoms with van der Waals surface area (Å²) in [5.41, 5.74) is 3.13. The fourth-order valence-electron chi connectivity index (χ4n) is 1.25. The van der Waals surface area contributed by atoms with Crippen LogP contribution >= 0.6 is 11.8 Å². The molecule has 0 aromatic heterocycles. The van der Waals surface area contributed by atoms with Crippen molar-refractivity contribution in [1.29, 1.82) is 0 Å². The number of hydrogen-bond acceptors (Lipinski definition) is 3. The number of carbonyl (C=O) groups excluding carboxylic acids is 1. The molecule has 0 radical (unpaired) electrons. The first kappa shape index (κ1) is 11.1. The van der Waals surface area contributed by atoms with Gasteiger partial charge in [0.1, 0.15) is 0 Å². The maximum absolute atomic E-state index is 10.5. The third kappa shape index (κ3) is 2.51. The van der Waals surface area contributed by atoms with Gasteiger partial charge in [0.05, 0.1) is 0 Å². The van der Waals surface area contributed by atoms with E-state index in [-0.39, 0.29) is 0 Å². The topological polar surface area (TPSA) is 29.1 Å². The summed E-state index contributed by atoms with van der Waals surface area (Å²) >= 11 is 1.21. The molecule has 0 saturated carbocycles. The van der Waals surface area contributed by atoms with Gasteiger partial charge in [0.2, 0.25) is 0 Å². The van der Waals surface area contributed by atoms with Crippen molar-refractivity contribution in [3.63, 3.8) is 0 Å². The normalized spacial score (nSPS) is 10.3. The zero-order valence-electron chi connectivity index (χ0n) is 8.70. The SMILES string of the molecule is CNc1ccc(C(C)C)cc1SC=O. The lowest BCUT2D eigenvalue weighted by Crippen LogP contribution is -1.94. The zero-order chi connectivity index (χ0) is 10.6. The molecule has 0 atom stereocenters. The lowest BCUT2D eigenvalue weighted by atomic mass is 10.0. The van der Waals surface area contributed by atoms with Gasteiger partial charge in [-0.1, -0.05) is 31.7 Å². The van der Waals surface area contributed by atoms with Gasteiger partial charge in [-0.05, 0) is 23.6 Å². The third-order valence-corrected chi connectivity index (χ3v) is 2.80. The van der Waals surface area contributed by atoms with Crippen molar-refractivity contribution >= 4 is 23.1 Å². The van der Waals surface area contributed by atoms with E-state index < -0.39 is 0 Å². The first-order valence-corrected chi connectivity index (χ1v) is 5.49. The maximum atomic E-state index is 10.5. The molecule has 1 aromatic rings. The van der Waals surface area contributed by atoms with E-state index in [0.29, 0.717) is 5.92 Å². The van der Waals surface area contributed by atoms with Gasteiger partial charge in [-0.15, -0.1) is 0 Å². The Labute approximate surface area is 89.1 Å². The van der Waals surface area contributed by atoms with Crippen LogP contribution in [0.1, 0.15) is 25.3 Å². The minimum absolute atomic E-state index is 0.493. The predicted molar refractivity (Wildman–Crippen MR) is 62.7 cm³/mol. The minimum atomic E-state index is 0.493. The molecule has 3 heteroatoms. The third-order valence-electron chi connectivity index (χ3n) is 2.12. The van der Waals surface area contributed by atoms with Crippen molar-refractivity contribution in [2.45, 2.75) is 24.7 Å². The Bertz CT molecular complexity index is 323. The second-order valence-corrected chi connectivity index (χ2v) is 4.24. The highest BCUT2D eigenvalue weighted by Gasteiger charge is 2.05. The number of anilines is 1.